The molecule has 2 aromatic rings. The van der Waals surface area contributed by atoms with Crippen LogP contribution >= 0.6 is 11.6 Å². The minimum Gasteiger partial charge on any atom is -0.481 e. The molecule has 1 aliphatic rings. The highest BCUT2D eigenvalue weighted by atomic mass is 35.5. The van der Waals surface area contributed by atoms with Crippen LogP contribution in [0.3, 0.4) is 0 Å². The molecule has 1 aliphatic carbocycles. The lowest BCUT2D eigenvalue weighted by atomic mass is 9.97. The summed E-state index contributed by atoms with van der Waals surface area (Å²) in [6, 6.07) is 9.40. The van der Waals surface area contributed by atoms with Crippen LogP contribution in [0.15, 0.2) is 60.3 Å². The van der Waals surface area contributed by atoms with Crippen molar-refractivity contribution >= 4 is 23.5 Å². The monoisotopic (exact) mass is 384 g/mol. The second-order valence-corrected chi connectivity index (χ2v) is 7.09. The zero-order chi connectivity index (χ0) is 19.4. The lowest BCUT2D eigenvalue weighted by molar-refractivity contribution is -0.139. The highest BCUT2D eigenvalue weighted by Crippen LogP contribution is 2.17. The van der Waals surface area contributed by atoms with Crippen LogP contribution in [0.1, 0.15) is 28.0 Å². The van der Waals surface area contributed by atoms with Gasteiger partial charge in [0.1, 0.15) is 5.69 Å². The van der Waals surface area contributed by atoms with E-state index >= 15 is 0 Å². The fourth-order valence-corrected chi connectivity index (χ4v) is 3.14. The summed E-state index contributed by atoms with van der Waals surface area (Å²) >= 11 is 5.93. The third kappa shape index (κ3) is 4.89. The average molecular weight is 385 g/mol. The first-order valence-corrected chi connectivity index (χ1v) is 9.09. The van der Waals surface area contributed by atoms with Crippen molar-refractivity contribution in [3.63, 3.8) is 0 Å². The molecular formula is C21H21ClN2O3. The molecule has 2 N–H and O–H groups in total. The number of benzene rings is 1. The molecule has 0 bridgehead atoms. The van der Waals surface area contributed by atoms with Crippen LogP contribution in [-0.2, 0) is 11.3 Å². The van der Waals surface area contributed by atoms with Crippen molar-refractivity contribution in [1.82, 2.24) is 9.88 Å². The number of amides is 1. The van der Waals surface area contributed by atoms with E-state index in [1.165, 1.54) is 0 Å². The van der Waals surface area contributed by atoms with E-state index in [1.807, 2.05) is 54.1 Å². The van der Waals surface area contributed by atoms with Gasteiger partial charge in [-0.15, -0.1) is 0 Å². The van der Waals surface area contributed by atoms with Gasteiger partial charge in [-0.2, -0.15) is 0 Å². The van der Waals surface area contributed by atoms with Crippen LogP contribution in [0.2, 0.25) is 5.02 Å². The number of hydrogen-bond acceptors (Lipinski definition) is 2. The molecule has 1 heterocycles. The van der Waals surface area contributed by atoms with Gasteiger partial charge in [0.05, 0.1) is 5.92 Å². The van der Waals surface area contributed by atoms with Gasteiger partial charge in [0, 0.05) is 24.3 Å². The zero-order valence-corrected chi connectivity index (χ0v) is 15.7. The topological polar surface area (TPSA) is 71.3 Å². The molecule has 0 aliphatic heterocycles. The molecule has 0 saturated carbocycles. The molecule has 1 aromatic heterocycles. The fraction of sp³-hybridized carbons (Fsp3) is 0.238. The number of nitrogens with one attached hydrogen (secondary N) is 1. The third-order valence-electron chi connectivity index (χ3n) is 4.48. The highest BCUT2D eigenvalue weighted by Gasteiger charge is 2.17. The summed E-state index contributed by atoms with van der Waals surface area (Å²) in [5.41, 5.74) is 3.57. The Kier molecular flexibility index (Phi) is 5.81. The number of aliphatic carboxylic acids is 1. The number of carbonyl (C=O) groups excluding carboxylic acids is 1. The van der Waals surface area contributed by atoms with E-state index in [2.05, 4.69) is 5.32 Å². The number of allylic oxidation sites excluding steroid dienone is 1. The molecule has 3 rings (SSSR count). The van der Waals surface area contributed by atoms with E-state index in [1.54, 1.807) is 12.2 Å². The largest absolute Gasteiger partial charge is 0.481 e. The van der Waals surface area contributed by atoms with Crippen molar-refractivity contribution in [2.45, 2.75) is 19.9 Å². The fourth-order valence-electron chi connectivity index (χ4n) is 3.02. The van der Waals surface area contributed by atoms with Crippen LogP contribution in [0.25, 0.3) is 0 Å². The molecule has 27 heavy (non-hydrogen) atoms. The van der Waals surface area contributed by atoms with Crippen molar-refractivity contribution in [3.05, 3.63) is 82.2 Å². The van der Waals surface area contributed by atoms with E-state index in [9.17, 15) is 9.59 Å². The molecule has 1 unspecified atom stereocenters. The Morgan fingerprint density at radius 2 is 2.04 bits per heavy atom. The first kappa shape index (κ1) is 19.0. The average Bonchev–Trinajstić information content (AvgIpc) is 3.02. The van der Waals surface area contributed by atoms with Crippen LogP contribution < -0.4 is 5.32 Å². The Balaban J connectivity index is 1.64. The number of hydrogen-bond donors (Lipinski definition) is 2. The van der Waals surface area contributed by atoms with Crippen molar-refractivity contribution in [2.24, 2.45) is 5.92 Å². The number of aryl methyl sites for hydroxylation is 1. The van der Waals surface area contributed by atoms with Crippen LogP contribution in [0, 0.1) is 12.8 Å². The van der Waals surface area contributed by atoms with Crippen molar-refractivity contribution in [1.29, 1.82) is 0 Å². The van der Waals surface area contributed by atoms with E-state index < -0.39 is 11.9 Å². The molecule has 0 radical (unpaired) electrons. The molecule has 140 valence electrons. The maximum Gasteiger partial charge on any atom is 0.310 e. The highest BCUT2D eigenvalue weighted by molar-refractivity contribution is 6.30. The van der Waals surface area contributed by atoms with E-state index in [0.717, 1.165) is 16.7 Å². The predicted octanol–water partition coefficient (Wildman–Crippen LogP) is 3.82. The summed E-state index contributed by atoms with van der Waals surface area (Å²) in [5.74, 6) is -1.48. The van der Waals surface area contributed by atoms with Gasteiger partial charge >= 0.3 is 5.97 Å². The van der Waals surface area contributed by atoms with Crippen LogP contribution in [0.4, 0.5) is 0 Å². The molecule has 5 nitrogen and oxygen atoms in total. The maximum absolute atomic E-state index is 12.6. The molecule has 0 fully saturated rings. The first-order valence-electron chi connectivity index (χ1n) is 8.72. The lowest BCUT2D eigenvalue weighted by Gasteiger charge is -2.14. The summed E-state index contributed by atoms with van der Waals surface area (Å²) in [4.78, 5) is 23.6. The van der Waals surface area contributed by atoms with Gasteiger partial charge in [-0.05, 0) is 48.2 Å². The van der Waals surface area contributed by atoms with Gasteiger partial charge < -0.3 is 15.0 Å². The maximum atomic E-state index is 12.6. The zero-order valence-electron chi connectivity index (χ0n) is 15.0. The summed E-state index contributed by atoms with van der Waals surface area (Å²) < 4.78 is 1.92. The molecule has 0 spiro atoms. The predicted molar refractivity (Wildman–Crippen MR) is 105 cm³/mol. The smallest absolute Gasteiger partial charge is 0.310 e. The summed E-state index contributed by atoms with van der Waals surface area (Å²) in [6.45, 7) is 2.90. The summed E-state index contributed by atoms with van der Waals surface area (Å²) in [5, 5.41) is 12.6. The number of halogens is 1. The number of carboxylic acids is 1. The summed E-state index contributed by atoms with van der Waals surface area (Å²) in [7, 11) is 0. The summed E-state index contributed by atoms with van der Waals surface area (Å²) in [6.07, 6.45) is 7.68. The second-order valence-electron chi connectivity index (χ2n) is 6.66. The Labute approximate surface area is 163 Å². The molecule has 6 heteroatoms. The van der Waals surface area contributed by atoms with Gasteiger partial charge in [0.2, 0.25) is 0 Å². The molecule has 1 aromatic carbocycles. The minimum atomic E-state index is -0.832. The normalized spacial score (nSPS) is 16.1. The van der Waals surface area contributed by atoms with E-state index in [4.69, 9.17) is 16.7 Å². The van der Waals surface area contributed by atoms with Crippen LogP contribution in [0.5, 0.6) is 0 Å². The molecule has 0 saturated heterocycles. The SMILES string of the molecule is Cc1cc(C(=O)NCC2=CCC(C(=O)O)C=C2)n(Cc2ccc(Cl)cc2)c1. The Morgan fingerprint density at radius 3 is 2.67 bits per heavy atom. The molecule has 1 atom stereocenters. The van der Waals surface area contributed by atoms with Gasteiger partial charge in [-0.3, -0.25) is 9.59 Å². The van der Waals surface area contributed by atoms with Crippen molar-refractivity contribution in [2.75, 3.05) is 6.54 Å². The standard InChI is InChI=1S/C21H21ClN2O3/c1-14-10-19(24(12-14)13-16-4-8-18(22)9-5-16)20(25)23-11-15-2-6-17(7-3-15)21(26)27/h2-6,8-10,12,17H,7,11,13H2,1H3,(H,23,25)(H,26,27). The van der Waals surface area contributed by atoms with Gasteiger partial charge in [-0.1, -0.05) is 42.0 Å². The number of nitrogens with zero attached hydrogens (tertiary/aromatic N) is 1. The minimum absolute atomic E-state index is 0.160. The lowest BCUT2D eigenvalue weighted by Crippen LogP contribution is -2.28. The molecule has 1 amide bonds. The Morgan fingerprint density at radius 1 is 1.30 bits per heavy atom. The van der Waals surface area contributed by atoms with E-state index in [0.29, 0.717) is 30.2 Å². The van der Waals surface area contributed by atoms with Crippen molar-refractivity contribution in [3.8, 4) is 0 Å². The third-order valence-corrected chi connectivity index (χ3v) is 4.73. The number of rotatable bonds is 6. The first-order chi connectivity index (χ1) is 12.9. The quantitative estimate of drug-likeness (QED) is 0.795. The van der Waals surface area contributed by atoms with Crippen LogP contribution in [-0.4, -0.2) is 28.1 Å². The van der Waals surface area contributed by atoms with Crippen molar-refractivity contribution < 1.29 is 14.7 Å². The number of aromatic nitrogens is 1. The van der Waals surface area contributed by atoms with Gasteiger partial charge in [-0.25, -0.2) is 0 Å². The second kappa shape index (κ2) is 8.27. The van der Waals surface area contributed by atoms with E-state index in [-0.39, 0.29) is 5.91 Å². The number of carbonyl (C=O) groups is 2. The number of carboxylic acid groups (broad SMARTS) is 1. The Bertz CT molecular complexity index is 910. The van der Waals surface area contributed by atoms with Gasteiger partial charge in [0.15, 0.2) is 0 Å². The Hall–Kier alpha value is -2.79. The van der Waals surface area contributed by atoms with Gasteiger partial charge in [0.25, 0.3) is 5.91 Å². The molecular weight excluding hydrogens is 364 g/mol.